The number of hydrogen-bond donors (Lipinski definition) is 2. The molecule has 0 radical (unpaired) electrons. The molecule has 3 N–H and O–H groups in total. The molecular formula is C8H16ClNO2S. The van der Waals surface area contributed by atoms with Gasteiger partial charge in [0.25, 0.3) is 0 Å². The minimum atomic E-state index is -0.691. The Morgan fingerprint density at radius 1 is 1.62 bits per heavy atom. The van der Waals surface area contributed by atoms with Crippen LogP contribution in [0.25, 0.3) is 0 Å². The molecule has 1 rings (SSSR count). The van der Waals surface area contributed by atoms with Gasteiger partial charge in [0, 0.05) is 6.42 Å². The molecule has 3 nitrogen and oxygen atoms in total. The third-order valence-corrected chi connectivity index (χ3v) is 3.93. The molecule has 1 heterocycles. The lowest BCUT2D eigenvalue weighted by Crippen LogP contribution is -3.00. The minimum Gasteiger partial charge on any atom is -1.00 e. The number of nitrogens with two attached hydrogens (primary N) is 1. The zero-order valence-electron chi connectivity index (χ0n) is 8.08. The third-order valence-electron chi connectivity index (χ3n) is 2.28. The summed E-state index contributed by atoms with van der Waals surface area (Å²) in [7, 11) is 0. The molecule has 2 atom stereocenters. The maximum atomic E-state index is 10.8. The van der Waals surface area contributed by atoms with Gasteiger partial charge < -0.3 is 22.8 Å². The molecular weight excluding hydrogens is 210 g/mol. The normalized spacial score (nSPS) is 31.0. The molecule has 1 fully saturated rings. The van der Waals surface area contributed by atoms with Gasteiger partial charge in [-0.1, -0.05) is 18.7 Å². The first-order chi connectivity index (χ1) is 5.47. The number of carboxylic acid groups (broad SMARTS) is 1. The molecule has 5 heteroatoms. The van der Waals surface area contributed by atoms with Gasteiger partial charge in [0.2, 0.25) is 0 Å². The topological polar surface area (TPSA) is 53.9 Å². The van der Waals surface area contributed by atoms with E-state index >= 15 is 0 Å². The smallest absolute Gasteiger partial charge is 0.363 e. The maximum Gasteiger partial charge on any atom is 0.363 e. The number of thioether (sulfide) groups is 1. The van der Waals surface area contributed by atoms with Crippen molar-refractivity contribution in [3.05, 3.63) is 0 Å². The van der Waals surface area contributed by atoms with E-state index in [4.69, 9.17) is 5.11 Å². The van der Waals surface area contributed by atoms with E-state index in [2.05, 4.69) is 6.92 Å². The number of rotatable bonds is 2. The van der Waals surface area contributed by atoms with Gasteiger partial charge in [-0.05, 0) is 13.8 Å². The summed E-state index contributed by atoms with van der Waals surface area (Å²) in [5.74, 6) is -0.691. The standard InChI is InChI=1S/C8H15NO2S.ClH/c1-4-5-9-6(7(10)11)8(2,3)12-5;/h5-6,9H,4H2,1-3H3,(H,10,11);1H. The van der Waals surface area contributed by atoms with Gasteiger partial charge in [0.15, 0.2) is 6.04 Å². The molecule has 0 aliphatic carbocycles. The quantitative estimate of drug-likeness (QED) is 0.537. The Hall–Kier alpha value is 0.0700. The first-order valence-electron chi connectivity index (χ1n) is 4.23. The van der Waals surface area contributed by atoms with E-state index in [0.29, 0.717) is 5.37 Å². The average Bonchev–Trinajstić information content (AvgIpc) is 2.25. The molecule has 0 amide bonds. The molecule has 0 aromatic rings. The predicted molar refractivity (Wildman–Crippen MR) is 49.1 cm³/mol. The summed E-state index contributed by atoms with van der Waals surface area (Å²) >= 11 is 1.77. The highest BCUT2D eigenvalue weighted by Crippen LogP contribution is 2.34. The fourth-order valence-electron chi connectivity index (χ4n) is 1.55. The molecule has 1 saturated heterocycles. The summed E-state index contributed by atoms with van der Waals surface area (Å²) in [6.45, 7) is 6.10. The first kappa shape index (κ1) is 13.1. The lowest BCUT2D eigenvalue weighted by atomic mass is 10.0. The van der Waals surface area contributed by atoms with E-state index in [1.165, 1.54) is 0 Å². The second kappa shape index (κ2) is 4.53. The Morgan fingerprint density at radius 3 is 2.38 bits per heavy atom. The molecule has 0 aromatic heterocycles. The van der Waals surface area contributed by atoms with Crippen molar-refractivity contribution in [3.63, 3.8) is 0 Å². The third kappa shape index (κ3) is 2.76. The summed E-state index contributed by atoms with van der Waals surface area (Å²) in [6, 6.07) is -0.285. The van der Waals surface area contributed by atoms with Crippen molar-refractivity contribution in [2.24, 2.45) is 0 Å². The summed E-state index contributed by atoms with van der Waals surface area (Å²) in [4.78, 5) is 10.8. The first-order valence-corrected chi connectivity index (χ1v) is 5.11. The van der Waals surface area contributed by atoms with Crippen LogP contribution >= 0.6 is 11.8 Å². The van der Waals surface area contributed by atoms with Gasteiger partial charge in [-0.15, -0.1) is 0 Å². The second-order valence-corrected chi connectivity index (χ2v) is 5.57. The summed E-state index contributed by atoms with van der Waals surface area (Å²) in [6.07, 6.45) is 1.03. The van der Waals surface area contributed by atoms with Crippen molar-refractivity contribution in [1.29, 1.82) is 0 Å². The number of hydrogen-bond acceptors (Lipinski definition) is 2. The van der Waals surface area contributed by atoms with Crippen molar-refractivity contribution in [1.82, 2.24) is 0 Å². The van der Waals surface area contributed by atoms with Crippen LogP contribution in [0.4, 0.5) is 0 Å². The molecule has 2 unspecified atom stereocenters. The summed E-state index contributed by atoms with van der Waals surface area (Å²) < 4.78 is -0.132. The van der Waals surface area contributed by atoms with Crippen LogP contribution in [0.1, 0.15) is 27.2 Å². The number of aliphatic carboxylic acids is 1. The van der Waals surface area contributed by atoms with Gasteiger partial charge in [0.05, 0.1) is 4.75 Å². The highest BCUT2D eigenvalue weighted by atomic mass is 35.5. The lowest BCUT2D eigenvalue weighted by Gasteiger charge is -2.16. The summed E-state index contributed by atoms with van der Waals surface area (Å²) in [5.41, 5.74) is 0. The van der Waals surface area contributed by atoms with E-state index in [1.54, 1.807) is 11.8 Å². The van der Waals surface area contributed by atoms with Crippen LogP contribution in [-0.4, -0.2) is 27.2 Å². The molecule has 1 aliphatic heterocycles. The monoisotopic (exact) mass is 225 g/mol. The van der Waals surface area contributed by atoms with Gasteiger partial charge in [-0.3, -0.25) is 0 Å². The van der Waals surface area contributed by atoms with Gasteiger partial charge in [-0.25, -0.2) is 4.79 Å². The zero-order valence-corrected chi connectivity index (χ0v) is 9.65. The fourth-order valence-corrected chi connectivity index (χ4v) is 3.06. The highest BCUT2D eigenvalue weighted by molar-refractivity contribution is 8.01. The Morgan fingerprint density at radius 2 is 2.15 bits per heavy atom. The largest absolute Gasteiger partial charge is 1.00 e. The van der Waals surface area contributed by atoms with E-state index < -0.39 is 5.97 Å². The molecule has 13 heavy (non-hydrogen) atoms. The van der Waals surface area contributed by atoms with Gasteiger partial charge >= 0.3 is 5.97 Å². The van der Waals surface area contributed by atoms with Crippen LogP contribution in [0.15, 0.2) is 0 Å². The van der Waals surface area contributed by atoms with Crippen molar-refractivity contribution < 1.29 is 27.6 Å². The number of carbonyl (C=O) groups is 1. The predicted octanol–water partition coefficient (Wildman–Crippen LogP) is -2.73. The second-order valence-electron chi connectivity index (χ2n) is 3.68. The lowest BCUT2D eigenvalue weighted by molar-refractivity contribution is -0.685. The molecule has 0 spiro atoms. The van der Waals surface area contributed by atoms with Crippen LogP contribution in [0.3, 0.4) is 0 Å². The Labute approximate surface area is 89.1 Å². The molecule has 0 aromatic carbocycles. The number of halogens is 1. The molecule has 1 aliphatic rings. The highest BCUT2D eigenvalue weighted by Gasteiger charge is 2.48. The van der Waals surface area contributed by atoms with Crippen LogP contribution in [0, 0.1) is 0 Å². The van der Waals surface area contributed by atoms with Crippen LogP contribution in [0.5, 0.6) is 0 Å². The molecule has 78 valence electrons. The van der Waals surface area contributed by atoms with E-state index in [9.17, 15) is 4.79 Å². The van der Waals surface area contributed by atoms with Crippen molar-refractivity contribution >= 4 is 17.7 Å². The van der Waals surface area contributed by atoms with E-state index in [1.807, 2.05) is 19.2 Å². The Bertz CT molecular complexity index is 199. The molecule has 0 bridgehead atoms. The van der Waals surface area contributed by atoms with Gasteiger partial charge in [-0.2, -0.15) is 0 Å². The zero-order chi connectivity index (χ0) is 9.35. The summed E-state index contributed by atoms with van der Waals surface area (Å²) in [5, 5.41) is 11.3. The van der Waals surface area contributed by atoms with Crippen molar-refractivity contribution in [3.8, 4) is 0 Å². The molecule has 0 saturated carbocycles. The Balaban J connectivity index is 0.00000144. The van der Waals surface area contributed by atoms with Crippen molar-refractivity contribution in [2.75, 3.05) is 0 Å². The van der Waals surface area contributed by atoms with Crippen LogP contribution < -0.4 is 17.7 Å². The number of carboxylic acids is 1. The number of quaternary nitrogens is 1. The van der Waals surface area contributed by atoms with Crippen LogP contribution in [-0.2, 0) is 4.79 Å². The van der Waals surface area contributed by atoms with Crippen molar-refractivity contribution in [2.45, 2.75) is 43.4 Å². The minimum absolute atomic E-state index is 0. The maximum absolute atomic E-state index is 10.8. The SMILES string of the molecule is CCC1[NH2+]C(C(=O)O)C(C)(C)S1.[Cl-]. The van der Waals surface area contributed by atoms with Crippen LogP contribution in [0.2, 0.25) is 0 Å². The average molecular weight is 226 g/mol. The van der Waals surface area contributed by atoms with E-state index in [-0.39, 0.29) is 23.2 Å². The van der Waals surface area contributed by atoms with Gasteiger partial charge in [0.1, 0.15) is 5.37 Å². The van der Waals surface area contributed by atoms with E-state index in [0.717, 1.165) is 6.42 Å². The Kier molecular flexibility index (Phi) is 4.55. The fraction of sp³-hybridized carbons (Fsp3) is 0.875.